The molecule has 0 unspecified atom stereocenters. The van der Waals surface area contributed by atoms with Gasteiger partial charge in [0.15, 0.2) is 5.15 Å². The number of hydrogen-bond acceptors (Lipinski definition) is 5. The molecular weight excluding hydrogens is 406 g/mol. The van der Waals surface area contributed by atoms with Gasteiger partial charge in [-0.05, 0) is 63.6 Å². The van der Waals surface area contributed by atoms with Gasteiger partial charge in [0, 0.05) is 12.0 Å². The summed E-state index contributed by atoms with van der Waals surface area (Å²) < 4.78 is 5.61. The lowest BCUT2D eigenvalue weighted by Gasteiger charge is -2.34. The van der Waals surface area contributed by atoms with Gasteiger partial charge in [-0.1, -0.05) is 18.5 Å². The largest absolute Gasteiger partial charge is 0.478 e. The highest BCUT2D eigenvalue weighted by atomic mass is 35.5. The molecule has 1 heterocycles. The summed E-state index contributed by atoms with van der Waals surface area (Å²) in [5.41, 5.74) is 0.361. The van der Waals surface area contributed by atoms with E-state index >= 15 is 0 Å². The van der Waals surface area contributed by atoms with E-state index in [0.717, 1.165) is 25.7 Å². The number of anilines is 1. The number of aromatic carboxylic acids is 1. The average molecular weight is 432 g/mol. The summed E-state index contributed by atoms with van der Waals surface area (Å²) in [6.07, 6.45) is 6.45. The van der Waals surface area contributed by atoms with Gasteiger partial charge >= 0.3 is 5.97 Å². The number of amides is 1. The fraction of sp³-hybridized carbons (Fsp3) is 0.455. The monoisotopic (exact) mass is 431 g/mol. The quantitative estimate of drug-likeness (QED) is 0.676. The van der Waals surface area contributed by atoms with Gasteiger partial charge in [-0.15, -0.1) is 0 Å². The van der Waals surface area contributed by atoms with E-state index in [9.17, 15) is 14.7 Å². The molecule has 1 aliphatic carbocycles. The van der Waals surface area contributed by atoms with Crippen molar-refractivity contribution in [2.24, 2.45) is 11.8 Å². The number of benzene rings is 1. The highest BCUT2D eigenvalue weighted by Gasteiger charge is 2.32. The van der Waals surface area contributed by atoms with Crippen molar-refractivity contribution in [2.45, 2.75) is 52.5 Å². The van der Waals surface area contributed by atoms with Gasteiger partial charge in [-0.3, -0.25) is 9.78 Å². The summed E-state index contributed by atoms with van der Waals surface area (Å²) in [7, 11) is 0. The summed E-state index contributed by atoms with van der Waals surface area (Å²) >= 11 is 5.82. The van der Waals surface area contributed by atoms with Crippen LogP contribution in [0.3, 0.4) is 0 Å². The summed E-state index contributed by atoms with van der Waals surface area (Å²) in [4.78, 5) is 34.8. The third kappa shape index (κ3) is 5.08. The standard InChI is InChI=1S/C22H26ClN3O4/c1-13(2)26(21(27)15-6-4-14(3)5-7-15)18-9-8-16(10-17(18)22(28)29)30-20-12-24-11-19(23)25-20/h8-15H,4-7H2,1-3H3,(H,28,29). The Morgan fingerprint density at radius 2 is 1.90 bits per heavy atom. The van der Waals surface area contributed by atoms with Crippen LogP contribution in [0.5, 0.6) is 11.6 Å². The van der Waals surface area contributed by atoms with Crippen molar-refractivity contribution < 1.29 is 19.4 Å². The van der Waals surface area contributed by atoms with E-state index in [4.69, 9.17) is 16.3 Å². The van der Waals surface area contributed by atoms with Crippen molar-refractivity contribution in [1.82, 2.24) is 9.97 Å². The molecule has 1 fully saturated rings. The minimum atomic E-state index is -1.14. The lowest BCUT2D eigenvalue weighted by atomic mass is 9.82. The van der Waals surface area contributed by atoms with E-state index in [1.807, 2.05) is 13.8 Å². The van der Waals surface area contributed by atoms with Gasteiger partial charge in [0.25, 0.3) is 0 Å². The molecular formula is C22H26ClN3O4. The number of hydrogen-bond donors (Lipinski definition) is 1. The van der Waals surface area contributed by atoms with E-state index < -0.39 is 5.97 Å². The maximum atomic E-state index is 13.3. The molecule has 1 aromatic heterocycles. The van der Waals surface area contributed by atoms with E-state index in [-0.39, 0.29) is 40.2 Å². The zero-order chi connectivity index (χ0) is 21.8. The summed E-state index contributed by atoms with van der Waals surface area (Å²) in [6.45, 7) is 5.98. The van der Waals surface area contributed by atoms with Crippen LogP contribution in [-0.4, -0.2) is 33.0 Å². The molecule has 3 rings (SSSR count). The van der Waals surface area contributed by atoms with Crippen LogP contribution in [0.15, 0.2) is 30.6 Å². The Morgan fingerprint density at radius 1 is 1.20 bits per heavy atom. The van der Waals surface area contributed by atoms with Crippen LogP contribution in [0, 0.1) is 11.8 Å². The Kier molecular flexibility index (Phi) is 6.92. The predicted octanol–water partition coefficient (Wildman–Crippen LogP) is 5.19. The topological polar surface area (TPSA) is 92.6 Å². The summed E-state index contributed by atoms with van der Waals surface area (Å²) in [5.74, 6) is -0.183. The molecule has 1 amide bonds. The van der Waals surface area contributed by atoms with Crippen molar-refractivity contribution in [3.05, 3.63) is 41.3 Å². The van der Waals surface area contributed by atoms with Crippen molar-refractivity contribution >= 4 is 29.2 Å². The fourth-order valence-corrected chi connectivity index (χ4v) is 3.95. The Balaban J connectivity index is 1.91. The fourth-order valence-electron chi connectivity index (χ4n) is 3.81. The number of nitrogens with zero attached hydrogens (tertiary/aromatic N) is 3. The van der Waals surface area contributed by atoms with Crippen LogP contribution in [-0.2, 0) is 4.79 Å². The average Bonchev–Trinajstić information content (AvgIpc) is 2.69. The molecule has 0 spiro atoms. The first-order chi connectivity index (χ1) is 14.3. The number of halogens is 1. The SMILES string of the molecule is CC1CCC(C(=O)N(c2ccc(Oc3cncc(Cl)n3)cc2C(=O)O)C(C)C)CC1. The Labute approximate surface area is 181 Å². The Hall–Kier alpha value is -2.67. The van der Waals surface area contributed by atoms with E-state index in [1.165, 1.54) is 18.5 Å². The van der Waals surface area contributed by atoms with Gasteiger partial charge in [0.1, 0.15) is 5.75 Å². The first-order valence-corrected chi connectivity index (χ1v) is 10.5. The molecule has 2 aromatic rings. The summed E-state index contributed by atoms with van der Waals surface area (Å²) in [5, 5.41) is 9.98. The number of carbonyl (C=O) groups excluding carboxylic acids is 1. The maximum absolute atomic E-state index is 13.3. The van der Waals surface area contributed by atoms with Crippen LogP contribution < -0.4 is 9.64 Å². The molecule has 0 bridgehead atoms. The number of aromatic nitrogens is 2. The molecule has 7 nitrogen and oxygen atoms in total. The van der Waals surface area contributed by atoms with Gasteiger partial charge in [0.2, 0.25) is 11.8 Å². The third-order valence-corrected chi connectivity index (χ3v) is 5.56. The normalized spacial score (nSPS) is 18.8. The lowest BCUT2D eigenvalue weighted by Crippen LogP contribution is -2.42. The van der Waals surface area contributed by atoms with E-state index in [1.54, 1.807) is 17.0 Å². The molecule has 0 atom stereocenters. The molecule has 1 aromatic carbocycles. The summed E-state index contributed by atoms with van der Waals surface area (Å²) in [6, 6.07) is 4.45. The number of rotatable bonds is 6. The van der Waals surface area contributed by atoms with E-state index in [0.29, 0.717) is 11.6 Å². The molecule has 160 valence electrons. The van der Waals surface area contributed by atoms with Crippen molar-refractivity contribution in [2.75, 3.05) is 4.90 Å². The minimum Gasteiger partial charge on any atom is -0.478 e. The molecule has 0 radical (unpaired) electrons. The van der Waals surface area contributed by atoms with Crippen LogP contribution in [0.25, 0.3) is 0 Å². The molecule has 1 N–H and O–H groups in total. The first kappa shape index (κ1) is 22.0. The lowest BCUT2D eigenvalue weighted by molar-refractivity contribution is -0.123. The second-order valence-corrected chi connectivity index (χ2v) is 8.41. The predicted molar refractivity (Wildman–Crippen MR) is 114 cm³/mol. The van der Waals surface area contributed by atoms with Crippen molar-refractivity contribution in [3.63, 3.8) is 0 Å². The van der Waals surface area contributed by atoms with Crippen molar-refractivity contribution in [3.8, 4) is 11.6 Å². The van der Waals surface area contributed by atoms with Crippen LogP contribution in [0.4, 0.5) is 5.69 Å². The zero-order valence-electron chi connectivity index (χ0n) is 17.3. The molecule has 30 heavy (non-hydrogen) atoms. The second-order valence-electron chi connectivity index (χ2n) is 8.02. The third-order valence-electron chi connectivity index (χ3n) is 5.38. The van der Waals surface area contributed by atoms with Crippen LogP contribution in [0.2, 0.25) is 5.15 Å². The molecule has 1 aliphatic rings. The van der Waals surface area contributed by atoms with Gasteiger partial charge in [0.05, 0.1) is 23.6 Å². The minimum absolute atomic E-state index is 0.00582. The van der Waals surface area contributed by atoms with Crippen molar-refractivity contribution in [1.29, 1.82) is 0 Å². The number of carboxylic acids is 1. The maximum Gasteiger partial charge on any atom is 0.337 e. The van der Waals surface area contributed by atoms with Gasteiger partial charge in [-0.2, -0.15) is 4.98 Å². The highest BCUT2D eigenvalue weighted by Crippen LogP contribution is 2.34. The smallest absolute Gasteiger partial charge is 0.337 e. The molecule has 0 saturated heterocycles. The Bertz CT molecular complexity index is 926. The zero-order valence-corrected chi connectivity index (χ0v) is 18.1. The van der Waals surface area contributed by atoms with Crippen LogP contribution in [0.1, 0.15) is 56.8 Å². The molecule has 1 saturated carbocycles. The van der Waals surface area contributed by atoms with Gasteiger partial charge < -0.3 is 14.7 Å². The van der Waals surface area contributed by atoms with Crippen LogP contribution >= 0.6 is 11.6 Å². The first-order valence-electron chi connectivity index (χ1n) is 10.1. The second kappa shape index (κ2) is 9.43. The Morgan fingerprint density at radius 3 is 2.50 bits per heavy atom. The number of carbonyl (C=O) groups is 2. The van der Waals surface area contributed by atoms with Gasteiger partial charge in [-0.25, -0.2) is 4.79 Å². The van der Waals surface area contributed by atoms with E-state index in [2.05, 4.69) is 16.9 Å². The molecule has 8 heteroatoms. The molecule has 0 aliphatic heterocycles. The highest BCUT2D eigenvalue weighted by molar-refractivity contribution is 6.29. The number of carboxylic acid groups (broad SMARTS) is 1. The number of ether oxygens (including phenoxy) is 1.